The van der Waals surface area contributed by atoms with Crippen LogP contribution in [0.2, 0.25) is 0 Å². The first-order chi connectivity index (χ1) is 43.6. The predicted octanol–water partition coefficient (Wildman–Crippen LogP) is -0.444. The Balaban J connectivity index is 0.860. The van der Waals surface area contributed by atoms with E-state index in [1.54, 1.807) is 49.5 Å². The number of oxime groups is 1. The fraction of sp³-hybridized carbons (Fsp3) is 0.431. The summed E-state index contributed by atoms with van der Waals surface area (Å²) in [5.74, 6) is -3.68. The molecule has 33 heteroatoms. The Morgan fingerprint density at radius 3 is 2.16 bits per heavy atom. The first-order valence-electron chi connectivity index (χ1n) is 28.4. The van der Waals surface area contributed by atoms with Gasteiger partial charge in [-0.15, -0.1) is 25.1 Å². The molecule has 91 heavy (non-hydrogen) atoms. The molecule has 6 heterocycles. The summed E-state index contributed by atoms with van der Waals surface area (Å²) in [6.07, 6.45) is -12.6. The van der Waals surface area contributed by atoms with Crippen LogP contribution in [-0.4, -0.2) is 243 Å². The number of fused-ring (bicyclic) bond motifs is 4. The van der Waals surface area contributed by atoms with Gasteiger partial charge in [-0.1, -0.05) is 16.4 Å². The molecule has 11 atom stereocenters. The monoisotopic (exact) mass is 1310 g/mol. The van der Waals surface area contributed by atoms with Crippen molar-refractivity contribution in [3.8, 4) is 23.0 Å². The Labute approximate surface area is 522 Å². The van der Waals surface area contributed by atoms with E-state index in [1.165, 1.54) is 59.0 Å². The molecule has 0 spiro atoms. The number of halogens is 1. The number of benzene rings is 4. The molecular weight excluding hydrogens is 1240 g/mol. The second-order valence-corrected chi connectivity index (χ2v) is 23.0. The van der Waals surface area contributed by atoms with Crippen molar-refractivity contribution >= 4 is 78.7 Å². The summed E-state index contributed by atoms with van der Waals surface area (Å²) in [5, 5.41) is 95.5. The molecule has 0 aliphatic carbocycles. The molecule has 4 aliphatic rings. The van der Waals surface area contributed by atoms with E-state index in [2.05, 4.69) is 20.5 Å². The molecule has 2 saturated heterocycles. The van der Waals surface area contributed by atoms with Gasteiger partial charge >= 0.3 is 10.4 Å². The normalized spacial score (nSPS) is 24.3. The molecule has 9 N–H and O–H groups in total. The summed E-state index contributed by atoms with van der Waals surface area (Å²) < 4.78 is 75.5. The van der Waals surface area contributed by atoms with Crippen molar-refractivity contribution in [2.45, 2.75) is 87.4 Å². The number of aliphatic hydroxyl groups is 8. The van der Waals surface area contributed by atoms with E-state index in [0.29, 0.717) is 38.9 Å². The maximum atomic E-state index is 14.8. The minimum Gasteiger partial charge on any atom is -0.497 e. The van der Waals surface area contributed by atoms with E-state index in [4.69, 9.17) is 53.2 Å². The number of H-pyrrole nitrogens is 1. The van der Waals surface area contributed by atoms with Gasteiger partial charge in [0.1, 0.15) is 66.0 Å². The highest BCUT2D eigenvalue weighted by molar-refractivity contribution is 7.82. The number of methoxy groups -OCH3 is 1. The number of rotatable bonds is 26. The quantitative estimate of drug-likeness (QED) is 0.0109. The van der Waals surface area contributed by atoms with Gasteiger partial charge < -0.3 is 97.3 Å². The molecule has 0 radical (unpaired) electrons. The van der Waals surface area contributed by atoms with Crippen LogP contribution in [-0.2, 0) is 56.9 Å². The van der Waals surface area contributed by atoms with Crippen molar-refractivity contribution in [2.24, 2.45) is 5.16 Å². The van der Waals surface area contributed by atoms with E-state index in [0.717, 1.165) is 17.0 Å². The average Bonchev–Trinajstić information content (AvgIpc) is 1.64. The maximum Gasteiger partial charge on any atom is 0.501 e. The van der Waals surface area contributed by atoms with Gasteiger partial charge in [-0.3, -0.25) is 24.1 Å². The largest absolute Gasteiger partial charge is 0.501 e. The second-order valence-electron chi connectivity index (χ2n) is 21.5. The lowest BCUT2D eigenvalue weighted by Gasteiger charge is -2.39. The third kappa shape index (κ3) is 14.4. The lowest BCUT2D eigenvalue weighted by atomic mass is 9.95. The number of amides is 4. The number of hydrogen-bond acceptors (Lipinski definition) is 26. The van der Waals surface area contributed by atoms with E-state index >= 15 is 0 Å². The van der Waals surface area contributed by atoms with Crippen molar-refractivity contribution in [1.82, 2.24) is 29.8 Å². The number of carbonyl (C=O) groups excluding carboxylic acids is 4. The molecule has 4 aliphatic heterocycles. The first-order valence-corrected chi connectivity index (χ1v) is 30.2. The number of anilines is 1. The number of aromatic amines is 1. The summed E-state index contributed by atoms with van der Waals surface area (Å²) in [5.41, 5.74) is 2.54. The minimum atomic E-state index is -5.34. The van der Waals surface area contributed by atoms with Crippen LogP contribution in [0.5, 0.6) is 23.0 Å². The summed E-state index contributed by atoms with van der Waals surface area (Å²) in [6, 6.07) is 16.1. The van der Waals surface area contributed by atoms with Crippen molar-refractivity contribution in [1.29, 1.82) is 0 Å². The van der Waals surface area contributed by atoms with Crippen LogP contribution in [0.4, 0.5) is 5.69 Å². The number of alkyl halides is 1. The number of aliphatic hydroxyl groups excluding tert-OH is 8. The molecule has 31 nitrogen and oxygen atoms in total. The lowest BCUT2D eigenvalue weighted by molar-refractivity contribution is -0.301. The molecular formula is C58H65ClN8O23S. The summed E-state index contributed by atoms with van der Waals surface area (Å²) >= 11 is 6.62. The van der Waals surface area contributed by atoms with Gasteiger partial charge in [-0.25, -0.2) is 4.68 Å². The van der Waals surface area contributed by atoms with Crippen LogP contribution < -0.4 is 22.7 Å². The highest BCUT2D eigenvalue weighted by atomic mass is 35.5. The maximum absolute atomic E-state index is 14.8. The van der Waals surface area contributed by atoms with Gasteiger partial charge in [0, 0.05) is 72.0 Å². The molecule has 6 aromatic rings. The molecule has 1 unspecified atom stereocenters. The third-order valence-corrected chi connectivity index (χ3v) is 16.7. The van der Waals surface area contributed by atoms with Gasteiger partial charge in [0.2, 0.25) is 6.29 Å². The van der Waals surface area contributed by atoms with Gasteiger partial charge in [-0.2, -0.15) is 0 Å². The Bertz CT molecular complexity index is 3830. The number of nitrogens with one attached hydrogen (secondary N) is 1. The zero-order chi connectivity index (χ0) is 65.0. The van der Waals surface area contributed by atoms with Crippen LogP contribution in [0.1, 0.15) is 50.5 Å². The van der Waals surface area contributed by atoms with Gasteiger partial charge in [0.15, 0.2) is 17.2 Å². The van der Waals surface area contributed by atoms with Crippen LogP contribution in [0.25, 0.3) is 21.7 Å². The number of imide groups is 1. The molecule has 4 amide bonds. The summed E-state index contributed by atoms with van der Waals surface area (Å²) in [6.45, 7) is 0.851. The summed E-state index contributed by atoms with van der Waals surface area (Å²) in [7, 11) is -2.45. The van der Waals surface area contributed by atoms with E-state index in [1.807, 2.05) is 0 Å². The van der Waals surface area contributed by atoms with Crippen LogP contribution in [0.3, 0.4) is 0 Å². The standard InChI is InChI=1S/C58H65ClN8O23S/c1-29(62-88-58-54(77)52(75)50(73)45(27-69)87-58)30-4-8-38-32(18-30)19-39(60-38)56(79)67-24-33(23-59)48-37-21-35(82-3)6-7-36(37)42(22-40(48)67)89-91(80,81)90-43-20-31(5-9-41(43)85-57-53(76)51(74)49(72)44(26-68)86-57)55(78)64(2)12-15-83-16-13-65-25-34(61-63-65)28-84-17-14-66-46(70)10-11-47(66)71/h4-11,18-22,25,33,44-45,49-54,57-58,60,68-69,72-77H,12-17,23-24,26-28H2,1-3H3/b62-29+/t33-,44-,45-,49+,50+,51+,52+,53-,54-,57-,58?/m1/s1. The summed E-state index contributed by atoms with van der Waals surface area (Å²) in [4.78, 5) is 64.5. The molecule has 0 bridgehead atoms. The minimum absolute atomic E-state index is 0.0127. The first kappa shape index (κ1) is 66.0. The van der Waals surface area contributed by atoms with Crippen LogP contribution in [0, 0.1) is 0 Å². The SMILES string of the molecule is COc1ccc2c(OS(=O)(=O)Oc3cc(C(=O)N(C)CCOCCn4cc(COCCN5C(=O)C=CC5=O)nn4)ccc3O[C@@H]3O[C@H](CO)[C@H](O)[C@H](O)[C@H]3O)cc3c(c2c1)[C@H](CCl)CN3C(=O)c1cc2cc(/C(C)=N/OC3O[C@H](CO)[C@H](O)[C@H](O)[C@H]3O)ccc2[nH]1. The number of nitrogens with zero attached hydrogens (tertiary/aromatic N) is 7. The number of likely N-dealkylation sites (N-methyl/N-ethyl adjacent to an activating group) is 1. The van der Waals surface area contributed by atoms with E-state index in [-0.39, 0.29) is 92.3 Å². The number of hydrogen-bond donors (Lipinski definition) is 9. The molecule has 2 fully saturated rings. The molecule has 488 valence electrons. The van der Waals surface area contributed by atoms with Crippen LogP contribution >= 0.6 is 11.6 Å². The van der Waals surface area contributed by atoms with Crippen molar-refractivity contribution in [3.63, 3.8) is 0 Å². The van der Waals surface area contributed by atoms with E-state index < -0.39 is 126 Å². The molecule has 0 saturated carbocycles. The predicted molar refractivity (Wildman–Crippen MR) is 315 cm³/mol. The third-order valence-electron chi connectivity index (χ3n) is 15.5. The number of ether oxygens (including phenoxy) is 6. The van der Waals surface area contributed by atoms with Crippen LogP contribution in [0.15, 0.2) is 90.2 Å². The lowest BCUT2D eigenvalue weighted by Crippen LogP contribution is -2.60. The Morgan fingerprint density at radius 1 is 0.780 bits per heavy atom. The average molecular weight is 1310 g/mol. The Hall–Kier alpha value is -7.93. The topological polar surface area (TPSA) is 416 Å². The Morgan fingerprint density at radius 2 is 1.46 bits per heavy atom. The van der Waals surface area contributed by atoms with Crippen molar-refractivity contribution in [2.75, 3.05) is 77.6 Å². The molecule has 2 aromatic heterocycles. The molecule has 10 rings (SSSR count). The van der Waals surface area contributed by atoms with Gasteiger partial charge in [0.25, 0.3) is 29.9 Å². The zero-order valence-corrected chi connectivity index (χ0v) is 50.4. The number of aromatic nitrogens is 4. The number of carbonyl (C=O) groups is 4. The van der Waals surface area contributed by atoms with Gasteiger partial charge in [0.05, 0.1) is 77.4 Å². The fourth-order valence-electron chi connectivity index (χ4n) is 10.5. The van der Waals surface area contributed by atoms with E-state index in [9.17, 15) is 68.4 Å². The van der Waals surface area contributed by atoms with Crippen molar-refractivity contribution in [3.05, 3.63) is 113 Å². The highest BCUT2D eigenvalue weighted by Gasteiger charge is 2.47. The smallest absolute Gasteiger partial charge is 0.497 e. The zero-order valence-electron chi connectivity index (χ0n) is 48.8. The fourth-order valence-corrected chi connectivity index (χ4v) is 11.5. The Kier molecular flexibility index (Phi) is 20.5. The molecule has 4 aromatic carbocycles. The van der Waals surface area contributed by atoms with Gasteiger partial charge in [-0.05, 0) is 78.0 Å². The second kappa shape index (κ2) is 28.3. The highest BCUT2D eigenvalue weighted by Crippen LogP contribution is 2.48. The van der Waals surface area contributed by atoms with Crippen molar-refractivity contribution < 1.29 is 110 Å².